The molecule has 1 heteroatoms. The monoisotopic (exact) mass is 224 g/mol. The summed E-state index contributed by atoms with van der Waals surface area (Å²) in [6.07, 6.45) is 2.93. The molecule has 1 unspecified atom stereocenters. The molecular weight excluding hydrogens is 208 g/mol. The van der Waals surface area contributed by atoms with Crippen LogP contribution in [0.4, 0.5) is 0 Å². The van der Waals surface area contributed by atoms with Crippen LogP contribution in [0.1, 0.15) is 22.6 Å². The molecule has 0 aliphatic carbocycles. The first-order valence-electron chi connectivity index (χ1n) is 5.73. The number of aryl methyl sites for hydroxylation is 1. The van der Waals surface area contributed by atoms with E-state index < -0.39 is 0 Å². The molecule has 0 saturated heterocycles. The molecular formula is C16H16O. The summed E-state index contributed by atoms with van der Waals surface area (Å²) >= 11 is 0. The maximum Gasteiger partial charge on any atom is 0.0761 e. The molecule has 0 fully saturated rings. The van der Waals surface area contributed by atoms with Crippen molar-refractivity contribution in [3.05, 3.63) is 83.6 Å². The summed E-state index contributed by atoms with van der Waals surface area (Å²) in [4.78, 5) is 0. The molecule has 1 nitrogen and oxygen atoms in total. The zero-order valence-electron chi connectivity index (χ0n) is 9.88. The molecule has 0 amide bonds. The summed E-state index contributed by atoms with van der Waals surface area (Å²) in [5.41, 5.74) is 3.61. The molecule has 0 spiro atoms. The Bertz CT molecular complexity index is 483. The van der Waals surface area contributed by atoms with E-state index in [1.165, 1.54) is 16.7 Å². The van der Waals surface area contributed by atoms with Crippen LogP contribution >= 0.6 is 0 Å². The molecule has 1 N–H and O–H groups in total. The van der Waals surface area contributed by atoms with Crippen LogP contribution in [0.5, 0.6) is 0 Å². The lowest BCUT2D eigenvalue weighted by Crippen LogP contribution is -1.97. The Morgan fingerprint density at radius 3 is 2.06 bits per heavy atom. The zero-order chi connectivity index (χ0) is 12.1. The summed E-state index contributed by atoms with van der Waals surface area (Å²) in [6.45, 7) is 2.07. The van der Waals surface area contributed by atoms with Gasteiger partial charge in [-0.15, -0.1) is 0 Å². The van der Waals surface area contributed by atoms with Gasteiger partial charge in [0, 0.05) is 5.92 Å². The van der Waals surface area contributed by atoms with Gasteiger partial charge in [-0.25, -0.2) is 0 Å². The molecule has 2 aromatic rings. The second-order valence-electron chi connectivity index (χ2n) is 4.14. The van der Waals surface area contributed by atoms with Gasteiger partial charge < -0.3 is 5.11 Å². The van der Waals surface area contributed by atoms with Crippen LogP contribution in [0, 0.1) is 6.92 Å². The van der Waals surface area contributed by atoms with Crippen LogP contribution in [0.15, 0.2) is 66.9 Å². The van der Waals surface area contributed by atoms with Crippen molar-refractivity contribution in [2.75, 3.05) is 0 Å². The topological polar surface area (TPSA) is 20.2 Å². The molecule has 0 radical (unpaired) electrons. The number of aliphatic hydroxyl groups is 1. The Labute approximate surface area is 102 Å². The third kappa shape index (κ3) is 2.76. The quantitative estimate of drug-likeness (QED) is 0.775. The largest absolute Gasteiger partial charge is 0.516 e. The van der Waals surface area contributed by atoms with Gasteiger partial charge in [0.2, 0.25) is 0 Å². The summed E-state index contributed by atoms with van der Waals surface area (Å²) in [7, 11) is 0. The fraction of sp³-hybridized carbons (Fsp3) is 0.125. The fourth-order valence-corrected chi connectivity index (χ4v) is 1.93. The minimum atomic E-state index is 0.113. The molecule has 17 heavy (non-hydrogen) atoms. The summed E-state index contributed by atoms with van der Waals surface area (Å²) in [6, 6.07) is 18.6. The smallest absolute Gasteiger partial charge is 0.0761 e. The number of hydrogen-bond donors (Lipinski definition) is 1. The van der Waals surface area contributed by atoms with E-state index in [4.69, 9.17) is 5.11 Å². The molecule has 0 saturated carbocycles. The van der Waals surface area contributed by atoms with Gasteiger partial charge in [0.25, 0.3) is 0 Å². The third-order valence-corrected chi connectivity index (χ3v) is 2.87. The second kappa shape index (κ2) is 5.35. The molecule has 0 bridgehead atoms. The Kier molecular flexibility index (Phi) is 3.61. The molecule has 1 atom stereocenters. The van der Waals surface area contributed by atoms with Gasteiger partial charge in [0.05, 0.1) is 6.26 Å². The highest BCUT2D eigenvalue weighted by Crippen LogP contribution is 2.25. The SMILES string of the molecule is Cc1ccc(C(C=CO)c2ccccc2)cc1. The van der Waals surface area contributed by atoms with Crippen molar-refractivity contribution in [2.24, 2.45) is 0 Å². The minimum absolute atomic E-state index is 0.113. The van der Waals surface area contributed by atoms with Crippen LogP contribution in [-0.4, -0.2) is 5.11 Å². The molecule has 86 valence electrons. The van der Waals surface area contributed by atoms with Crippen LogP contribution in [0.3, 0.4) is 0 Å². The Morgan fingerprint density at radius 1 is 0.882 bits per heavy atom. The lowest BCUT2D eigenvalue weighted by Gasteiger charge is -2.13. The highest BCUT2D eigenvalue weighted by atomic mass is 16.2. The van der Waals surface area contributed by atoms with Crippen LogP contribution in [0.25, 0.3) is 0 Å². The van der Waals surface area contributed by atoms with Gasteiger partial charge in [0.15, 0.2) is 0 Å². The molecule has 0 aliphatic rings. The van der Waals surface area contributed by atoms with E-state index in [-0.39, 0.29) is 5.92 Å². The van der Waals surface area contributed by atoms with Crippen molar-refractivity contribution in [1.29, 1.82) is 0 Å². The highest BCUT2D eigenvalue weighted by Gasteiger charge is 2.09. The number of benzene rings is 2. The predicted octanol–water partition coefficient (Wildman–Crippen LogP) is 4.20. The van der Waals surface area contributed by atoms with Crippen molar-refractivity contribution >= 4 is 0 Å². The van der Waals surface area contributed by atoms with E-state index in [1.54, 1.807) is 6.08 Å². The third-order valence-electron chi connectivity index (χ3n) is 2.87. The van der Waals surface area contributed by atoms with E-state index in [9.17, 15) is 0 Å². The average Bonchev–Trinajstić information content (AvgIpc) is 2.38. The molecule has 0 aromatic heterocycles. The molecule has 2 rings (SSSR count). The highest BCUT2D eigenvalue weighted by molar-refractivity contribution is 5.37. The normalized spacial score (nSPS) is 12.8. The van der Waals surface area contributed by atoms with E-state index in [1.807, 2.05) is 18.2 Å². The van der Waals surface area contributed by atoms with E-state index >= 15 is 0 Å². The van der Waals surface area contributed by atoms with Crippen LogP contribution < -0.4 is 0 Å². The molecule has 0 heterocycles. The minimum Gasteiger partial charge on any atom is -0.516 e. The van der Waals surface area contributed by atoms with Gasteiger partial charge in [0.1, 0.15) is 0 Å². The maximum atomic E-state index is 9.03. The van der Waals surface area contributed by atoms with E-state index in [2.05, 4.69) is 43.3 Å². The zero-order valence-corrected chi connectivity index (χ0v) is 9.88. The lowest BCUT2D eigenvalue weighted by molar-refractivity contribution is 0.470. The van der Waals surface area contributed by atoms with Gasteiger partial charge in [-0.3, -0.25) is 0 Å². The van der Waals surface area contributed by atoms with Gasteiger partial charge in [-0.2, -0.15) is 0 Å². The predicted molar refractivity (Wildman–Crippen MR) is 71.2 cm³/mol. The Morgan fingerprint density at radius 2 is 1.47 bits per heavy atom. The van der Waals surface area contributed by atoms with Gasteiger partial charge in [-0.05, 0) is 24.1 Å². The van der Waals surface area contributed by atoms with Crippen LogP contribution in [-0.2, 0) is 0 Å². The van der Waals surface area contributed by atoms with Crippen LogP contribution in [0.2, 0.25) is 0 Å². The first-order chi connectivity index (χ1) is 8.31. The van der Waals surface area contributed by atoms with E-state index in [0.717, 1.165) is 6.26 Å². The Balaban J connectivity index is 2.39. The van der Waals surface area contributed by atoms with E-state index in [0.29, 0.717) is 0 Å². The first-order valence-corrected chi connectivity index (χ1v) is 5.73. The van der Waals surface area contributed by atoms with Crippen molar-refractivity contribution in [3.63, 3.8) is 0 Å². The first kappa shape index (κ1) is 11.5. The van der Waals surface area contributed by atoms with Crippen molar-refractivity contribution in [1.82, 2.24) is 0 Å². The van der Waals surface area contributed by atoms with Gasteiger partial charge >= 0.3 is 0 Å². The fourth-order valence-electron chi connectivity index (χ4n) is 1.93. The number of allylic oxidation sites excluding steroid dienone is 1. The number of rotatable bonds is 3. The molecule has 0 aliphatic heterocycles. The Hall–Kier alpha value is -2.02. The number of aliphatic hydroxyl groups excluding tert-OH is 1. The average molecular weight is 224 g/mol. The van der Waals surface area contributed by atoms with Crippen molar-refractivity contribution in [3.8, 4) is 0 Å². The van der Waals surface area contributed by atoms with Gasteiger partial charge in [-0.1, -0.05) is 60.2 Å². The summed E-state index contributed by atoms with van der Waals surface area (Å²) in [5.74, 6) is 0.113. The number of hydrogen-bond acceptors (Lipinski definition) is 1. The summed E-state index contributed by atoms with van der Waals surface area (Å²) in [5, 5.41) is 9.03. The summed E-state index contributed by atoms with van der Waals surface area (Å²) < 4.78 is 0. The van der Waals surface area contributed by atoms with Crippen molar-refractivity contribution < 1.29 is 5.11 Å². The second-order valence-corrected chi connectivity index (χ2v) is 4.14. The standard InChI is InChI=1S/C16H16O/c1-13-7-9-15(10-8-13)16(11-12-17)14-5-3-2-4-6-14/h2-12,16-17H,1H3. The maximum absolute atomic E-state index is 9.03. The van der Waals surface area contributed by atoms with Crippen molar-refractivity contribution in [2.45, 2.75) is 12.8 Å². The lowest BCUT2D eigenvalue weighted by atomic mass is 9.91. The molecule has 2 aromatic carbocycles.